The first-order chi connectivity index (χ1) is 8.67. The van der Waals surface area contributed by atoms with Gasteiger partial charge in [-0.15, -0.1) is 22.9 Å². The number of aryl methyl sites for hydroxylation is 1. The summed E-state index contributed by atoms with van der Waals surface area (Å²) in [6.07, 6.45) is 2.04. The van der Waals surface area contributed by atoms with Crippen molar-refractivity contribution in [2.24, 2.45) is 5.92 Å². The van der Waals surface area contributed by atoms with Crippen LogP contribution in [0, 0.1) is 12.8 Å². The number of rotatable bonds is 5. The maximum Gasteiger partial charge on any atom is 0.0931 e. The van der Waals surface area contributed by atoms with Crippen LogP contribution in [0.3, 0.4) is 0 Å². The molecule has 96 valence electrons. The van der Waals surface area contributed by atoms with Crippen molar-refractivity contribution in [3.8, 4) is 0 Å². The van der Waals surface area contributed by atoms with Crippen LogP contribution in [0.5, 0.6) is 0 Å². The molecule has 1 heterocycles. The van der Waals surface area contributed by atoms with E-state index in [1.54, 1.807) is 11.3 Å². The minimum atomic E-state index is 0.475. The van der Waals surface area contributed by atoms with Gasteiger partial charge < -0.3 is 0 Å². The molecule has 2 aromatic rings. The fraction of sp³-hybridized carbons (Fsp3) is 0.333. The zero-order valence-corrected chi connectivity index (χ0v) is 12.7. The molecule has 3 heteroatoms. The van der Waals surface area contributed by atoms with Gasteiger partial charge in [0.2, 0.25) is 0 Å². The Hall–Kier alpha value is -0.500. The lowest BCUT2D eigenvalue weighted by Gasteiger charge is -2.13. The van der Waals surface area contributed by atoms with E-state index in [-0.39, 0.29) is 0 Å². The molecular weight excluding hydrogens is 283 g/mol. The lowest BCUT2D eigenvalue weighted by Crippen LogP contribution is -2.09. The van der Waals surface area contributed by atoms with E-state index in [4.69, 9.17) is 23.2 Å². The summed E-state index contributed by atoms with van der Waals surface area (Å²) in [4.78, 5) is 1.32. The molecule has 0 nitrogen and oxygen atoms in total. The quantitative estimate of drug-likeness (QED) is 0.653. The lowest BCUT2D eigenvalue weighted by molar-refractivity contribution is 0.589. The normalized spacial score (nSPS) is 12.6. The fourth-order valence-corrected chi connectivity index (χ4v) is 3.52. The highest BCUT2D eigenvalue weighted by Gasteiger charge is 2.11. The summed E-state index contributed by atoms with van der Waals surface area (Å²) in [5.74, 6) is 1.16. The second-order valence-electron chi connectivity index (χ2n) is 4.62. The smallest absolute Gasteiger partial charge is 0.0931 e. The third-order valence-corrected chi connectivity index (χ3v) is 4.63. The van der Waals surface area contributed by atoms with E-state index < -0.39 is 0 Å². The predicted molar refractivity (Wildman–Crippen MR) is 82.1 cm³/mol. The molecule has 0 N–H and O–H groups in total. The van der Waals surface area contributed by atoms with Gasteiger partial charge in [0.25, 0.3) is 0 Å². The predicted octanol–water partition coefficient (Wildman–Crippen LogP) is 5.35. The highest BCUT2D eigenvalue weighted by molar-refractivity contribution is 7.16. The minimum absolute atomic E-state index is 0.475. The van der Waals surface area contributed by atoms with Crippen molar-refractivity contribution in [3.05, 3.63) is 56.7 Å². The maximum atomic E-state index is 6.09. The minimum Gasteiger partial charge on any atom is -0.128 e. The second-order valence-corrected chi connectivity index (χ2v) is 6.73. The molecule has 1 unspecified atom stereocenters. The van der Waals surface area contributed by atoms with Crippen molar-refractivity contribution in [1.29, 1.82) is 0 Å². The number of hydrogen-bond donors (Lipinski definition) is 0. The Labute approximate surface area is 123 Å². The molecule has 1 aromatic heterocycles. The van der Waals surface area contributed by atoms with Gasteiger partial charge in [-0.25, -0.2) is 0 Å². The van der Waals surface area contributed by atoms with Gasteiger partial charge in [0.05, 0.1) is 4.34 Å². The van der Waals surface area contributed by atoms with E-state index in [0.29, 0.717) is 11.8 Å². The molecular formula is C15H16Cl2S. The van der Waals surface area contributed by atoms with Gasteiger partial charge >= 0.3 is 0 Å². The van der Waals surface area contributed by atoms with E-state index in [1.165, 1.54) is 16.0 Å². The Morgan fingerprint density at radius 2 is 2.00 bits per heavy atom. The van der Waals surface area contributed by atoms with Gasteiger partial charge in [-0.05, 0) is 43.4 Å². The summed E-state index contributed by atoms with van der Waals surface area (Å²) >= 11 is 13.7. The molecule has 0 saturated heterocycles. The van der Waals surface area contributed by atoms with Crippen LogP contribution < -0.4 is 0 Å². The van der Waals surface area contributed by atoms with Gasteiger partial charge in [-0.1, -0.05) is 41.4 Å². The first kappa shape index (κ1) is 13.9. The molecule has 0 amide bonds. The zero-order valence-electron chi connectivity index (χ0n) is 10.3. The van der Waals surface area contributed by atoms with Crippen LogP contribution in [-0.4, -0.2) is 5.88 Å². The Bertz CT molecular complexity index is 505. The number of halogens is 2. The van der Waals surface area contributed by atoms with Gasteiger partial charge in [-0.2, -0.15) is 0 Å². The van der Waals surface area contributed by atoms with Gasteiger partial charge in [0, 0.05) is 10.8 Å². The van der Waals surface area contributed by atoms with Crippen LogP contribution >= 0.6 is 34.5 Å². The first-order valence-corrected chi connectivity index (χ1v) is 7.76. The summed E-state index contributed by atoms with van der Waals surface area (Å²) in [5.41, 5.74) is 2.67. The standard InChI is InChI=1S/C15H16Cl2S/c1-11-3-2-4-12(7-11)8-13(10-16)9-14-5-6-15(17)18-14/h2-7,13H,8-10H2,1H3. The molecule has 0 spiro atoms. The van der Waals surface area contributed by atoms with Gasteiger partial charge in [-0.3, -0.25) is 0 Å². The lowest BCUT2D eigenvalue weighted by atomic mass is 9.96. The van der Waals surface area contributed by atoms with E-state index in [2.05, 4.69) is 37.3 Å². The Morgan fingerprint density at radius 1 is 1.17 bits per heavy atom. The number of hydrogen-bond acceptors (Lipinski definition) is 1. The van der Waals surface area contributed by atoms with Crippen LogP contribution in [0.2, 0.25) is 4.34 Å². The highest BCUT2D eigenvalue weighted by Crippen LogP contribution is 2.25. The Morgan fingerprint density at radius 3 is 2.61 bits per heavy atom. The molecule has 0 bridgehead atoms. The van der Waals surface area contributed by atoms with Crippen molar-refractivity contribution in [1.82, 2.24) is 0 Å². The van der Waals surface area contributed by atoms with Crippen molar-refractivity contribution in [3.63, 3.8) is 0 Å². The number of thiophene rings is 1. The third kappa shape index (κ3) is 4.01. The van der Waals surface area contributed by atoms with E-state index in [1.807, 2.05) is 6.07 Å². The van der Waals surface area contributed by atoms with Crippen LogP contribution in [0.25, 0.3) is 0 Å². The largest absolute Gasteiger partial charge is 0.128 e. The molecule has 0 radical (unpaired) electrons. The van der Waals surface area contributed by atoms with E-state index in [9.17, 15) is 0 Å². The number of alkyl halides is 1. The zero-order chi connectivity index (χ0) is 13.0. The van der Waals surface area contributed by atoms with Crippen LogP contribution in [0.15, 0.2) is 36.4 Å². The van der Waals surface area contributed by atoms with E-state index >= 15 is 0 Å². The Balaban J connectivity index is 2.01. The molecule has 0 aliphatic carbocycles. The Kier molecular flexibility index (Phi) is 5.11. The summed E-state index contributed by atoms with van der Waals surface area (Å²) in [6, 6.07) is 12.7. The highest BCUT2D eigenvalue weighted by atomic mass is 35.5. The monoisotopic (exact) mass is 298 g/mol. The molecule has 0 aliphatic heterocycles. The fourth-order valence-electron chi connectivity index (χ4n) is 2.10. The first-order valence-electron chi connectivity index (χ1n) is 6.03. The molecule has 0 fully saturated rings. The van der Waals surface area contributed by atoms with Crippen molar-refractivity contribution in [2.45, 2.75) is 19.8 Å². The molecule has 0 saturated carbocycles. The molecule has 2 rings (SSSR count). The molecule has 1 atom stereocenters. The topological polar surface area (TPSA) is 0 Å². The summed E-state index contributed by atoms with van der Waals surface area (Å²) in [6.45, 7) is 2.12. The average molecular weight is 299 g/mol. The van der Waals surface area contributed by atoms with Crippen molar-refractivity contribution in [2.75, 3.05) is 5.88 Å². The van der Waals surface area contributed by atoms with Crippen LogP contribution in [0.1, 0.15) is 16.0 Å². The molecule has 1 aromatic carbocycles. The van der Waals surface area contributed by atoms with Crippen LogP contribution in [0.4, 0.5) is 0 Å². The number of benzene rings is 1. The van der Waals surface area contributed by atoms with Gasteiger partial charge in [0.15, 0.2) is 0 Å². The van der Waals surface area contributed by atoms with Crippen LogP contribution in [-0.2, 0) is 12.8 Å². The van der Waals surface area contributed by atoms with Crippen molar-refractivity contribution < 1.29 is 0 Å². The van der Waals surface area contributed by atoms with Gasteiger partial charge in [0.1, 0.15) is 0 Å². The SMILES string of the molecule is Cc1cccc(CC(CCl)Cc2ccc(Cl)s2)c1. The summed E-state index contributed by atoms with van der Waals surface area (Å²) in [7, 11) is 0. The second kappa shape index (κ2) is 6.60. The van der Waals surface area contributed by atoms with E-state index in [0.717, 1.165) is 17.2 Å². The summed E-state index contributed by atoms with van der Waals surface area (Å²) in [5, 5.41) is 0. The average Bonchev–Trinajstić information content (AvgIpc) is 2.74. The third-order valence-electron chi connectivity index (χ3n) is 2.94. The van der Waals surface area contributed by atoms with Crippen molar-refractivity contribution >= 4 is 34.5 Å². The molecule has 0 aliphatic rings. The molecule has 18 heavy (non-hydrogen) atoms. The maximum absolute atomic E-state index is 6.09. The summed E-state index contributed by atoms with van der Waals surface area (Å²) < 4.78 is 0.855.